The van der Waals surface area contributed by atoms with Crippen molar-refractivity contribution < 1.29 is 0 Å². The van der Waals surface area contributed by atoms with Gasteiger partial charge in [0.05, 0.1) is 0 Å². The maximum Gasteiger partial charge on any atom is 0.0482 e. The lowest BCUT2D eigenvalue weighted by Crippen LogP contribution is -1.92. The Bertz CT molecular complexity index is 318. The van der Waals surface area contributed by atoms with E-state index in [1.807, 2.05) is 26.0 Å². The van der Waals surface area contributed by atoms with Gasteiger partial charge in [-0.3, -0.25) is 0 Å². The predicted octanol–water partition coefficient (Wildman–Crippen LogP) is 3.25. The second kappa shape index (κ2) is 4.38. The molecule has 0 spiro atoms. The van der Waals surface area contributed by atoms with Gasteiger partial charge in [-0.05, 0) is 25.5 Å². The van der Waals surface area contributed by atoms with Crippen LogP contribution in [0.3, 0.4) is 0 Å². The number of thioether (sulfide) groups is 1. The summed E-state index contributed by atoms with van der Waals surface area (Å²) in [7, 11) is 0. The number of aryl methyl sites for hydroxylation is 1. The zero-order valence-electron chi connectivity index (χ0n) is 8.13. The quantitative estimate of drug-likeness (QED) is 0.453. The molecule has 0 fully saturated rings. The van der Waals surface area contributed by atoms with E-state index in [1.165, 1.54) is 5.57 Å². The summed E-state index contributed by atoms with van der Waals surface area (Å²) in [5.41, 5.74) is 9.13. The van der Waals surface area contributed by atoms with Crippen LogP contribution < -0.4 is 5.73 Å². The molecule has 0 aliphatic heterocycles. The van der Waals surface area contributed by atoms with E-state index < -0.39 is 0 Å². The van der Waals surface area contributed by atoms with Crippen LogP contribution in [-0.2, 0) is 0 Å². The summed E-state index contributed by atoms with van der Waals surface area (Å²) in [6.45, 7) is 7.92. The van der Waals surface area contributed by atoms with Gasteiger partial charge >= 0.3 is 0 Å². The van der Waals surface area contributed by atoms with E-state index in [1.54, 1.807) is 11.8 Å². The molecular weight excluding hydrogens is 178 g/mol. The fourth-order valence-electron chi connectivity index (χ4n) is 0.981. The predicted molar refractivity (Wildman–Crippen MR) is 61.1 cm³/mol. The van der Waals surface area contributed by atoms with Crippen LogP contribution in [0.5, 0.6) is 0 Å². The molecule has 0 bridgehead atoms. The number of para-hydroxylation sites is 1. The van der Waals surface area contributed by atoms with Gasteiger partial charge in [0.15, 0.2) is 0 Å². The first-order valence-corrected chi connectivity index (χ1v) is 5.22. The van der Waals surface area contributed by atoms with Crippen LogP contribution in [0.25, 0.3) is 0 Å². The molecule has 0 saturated heterocycles. The van der Waals surface area contributed by atoms with Crippen molar-refractivity contribution in [2.45, 2.75) is 18.7 Å². The number of nitrogen functional groups attached to an aromatic ring is 1. The van der Waals surface area contributed by atoms with Crippen molar-refractivity contribution in [3.05, 3.63) is 35.9 Å². The van der Waals surface area contributed by atoms with Gasteiger partial charge in [0, 0.05) is 16.3 Å². The summed E-state index contributed by atoms with van der Waals surface area (Å²) < 4.78 is 0. The first-order valence-electron chi connectivity index (χ1n) is 4.23. The van der Waals surface area contributed by atoms with Crippen LogP contribution in [-0.4, -0.2) is 5.75 Å². The summed E-state index contributed by atoms with van der Waals surface area (Å²) >= 11 is 1.74. The Kier molecular flexibility index (Phi) is 3.43. The molecule has 2 heteroatoms. The van der Waals surface area contributed by atoms with E-state index in [2.05, 4.69) is 12.6 Å². The second-order valence-electron chi connectivity index (χ2n) is 3.23. The Balaban J connectivity index is 2.77. The van der Waals surface area contributed by atoms with Crippen LogP contribution in [0.15, 0.2) is 35.2 Å². The number of hydrogen-bond donors (Lipinski definition) is 1. The van der Waals surface area contributed by atoms with E-state index >= 15 is 0 Å². The van der Waals surface area contributed by atoms with Gasteiger partial charge in [0.2, 0.25) is 0 Å². The molecule has 70 valence electrons. The van der Waals surface area contributed by atoms with Crippen LogP contribution in [0.4, 0.5) is 5.69 Å². The molecule has 0 atom stereocenters. The minimum atomic E-state index is 0.897. The molecule has 1 aromatic rings. The highest BCUT2D eigenvalue weighted by molar-refractivity contribution is 7.99. The third kappa shape index (κ3) is 2.81. The Morgan fingerprint density at radius 3 is 2.85 bits per heavy atom. The normalized spacial score (nSPS) is 10.0. The lowest BCUT2D eigenvalue weighted by molar-refractivity contribution is 1.35. The SMILES string of the molecule is C=C(C)CSc1cccc(C)c1N. The number of benzene rings is 1. The largest absolute Gasteiger partial charge is 0.398 e. The maximum atomic E-state index is 5.92. The van der Waals surface area contributed by atoms with Crippen LogP contribution in [0.1, 0.15) is 12.5 Å². The van der Waals surface area contributed by atoms with Crippen LogP contribution >= 0.6 is 11.8 Å². The molecule has 2 N–H and O–H groups in total. The fraction of sp³-hybridized carbons (Fsp3) is 0.273. The molecule has 0 aliphatic carbocycles. The Labute approximate surface area is 84.0 Å². The summed E-state index contributed by atoms with van der Waals surface area (Å²) in [6.07, 6.45) is 0. The Morgan fingerprint density at radius 1 is 1.54 bits per heavy atom. The average molecular weight is 193 g/mol. The van der Waals surface area contributed by atoms with Crippen molar-refractivity contribution in [2.75, 3.05) is 11.5 Å². The molecule has 1 nitrogen and oxygen atoms in total. The topological polar surface area (TPSA) is 26.0 Å². The molecule has 1 aromatic carbocycles. The number of rotatable bonds is 3. The molecule has 1 rings (SSSR count). The van der Waals surface area contributed by atoms with E-state index in [4.69, 9.17) is 5.73 Å². The smallest absolute Gasteiger partial charge is 0.0482 e. The molecule has 0 heterocycles. The molecule has 0 aliphatic rings. The third-order valence-corrected chi connectivity index (χ3v) is 3.06. The van der Waals surface area contributed by atoms with Gasteiger partial charge in [0.1, 0.15) is 0 Å². The lowest BCUT2D eigenvalue weighted by atomic mass is 10.2. The summed E-state index contributed by atoms with van der Waals surface area (Å²) in [6, 6.07) is 6.11. The van der Waals surface area contributed by atoms with E-state index in [9.17, 15) is 0 Å². The Hall–Kier alpha value is -0.890. The van der Waals surface area contributed by atoms with E-state index in [-0.39, 0.29) is 0 Å². The van der Waals surface area contributed by atoms with E-state index in [0.29, 0.717) is 0 Å². The first-order chi connectivity index (χ1) is 6.11. The van der Waals surface area contributed by atoms with Gasteiger partial charge in [-0.15, -0.1) is 11.8 Å². The zero-order chi connectivity index (χ0) is 9.84. The standard InChI is InChI=1S/C11H15NS/c1-8(2)7-13-10-6-4-5-9(3)11(10)12/h4-6H,1,7,12H2,2-3H3. The monoisotopic (exact) mass is 193 g/mol. The summed E-state index contributed by atoms with van der Waals surface area (Å²) in [5, 5.41) is 0. The molecule has 0 unspecified atom stereocenters. The summed E-state index contributed by atoms with van der Waals surface area (Å²) in [5.74, 6) is 0.938. The highest BCUT2D eigenvalue weighted by Gasteiger charge is 2.01. The van der Waals surface area contributed by atoms with Gasteiger partial charge in [-0.2, -0.15) is 0 Å². The molecule has 13 heavy (non-hydrogen) atoms. The number of hydrogen-bond acceptors (Lipinski definition) is 2. The summed E-state index contributed by atoms with van der Waals surface area (Å²) in [4.78, 5) is 1.16. The van der Waals surface area contributed by atoms with Crippen molar-refractivity contribution in [1.82, 2.24) is 0 Å². The molecule has 0 aromatic heterocycles. The average Bonchev–Trinajstić information content (AvgIpc) is 2.07. The van der Waals surface area contributed by atoms with Crippen molar-refractivity contribution >= 4 is 17.4 Å². The van der Waals surface area contributed by atoms with Gasteiger partial charge < -0.3 is 5.73 Å². The number of nitrogens with two attached hydrogens (primary N) is 1. The lowest BCUT2D eigenvalue weighted by Gasteiger charge is -2.07. The van der Waals surface area contributed by atoms with Gasteiger partial charge in [-0.1, -0.05) is 24.3 Å². The fourth-order valence-corrected chi connectivity index (χ4v) is 1.87. The van der Waals surface area contributed by atoms with Gasteiger partial charge in [0.25, 0.3) is 0 Å². The number of anilines is 1. The molecular formula is C11H15NS. The van der Waals surface area contributed by atoms with Crippen LogP contribution in [0.2, 0.25) is 0 Å². The van der Waals surface area contributed by atoms with Crippen molar-refractivity contribution in [1.29, 1.82) is 0 Å². The van der Waals surface area contributed by atoms with Crippen molar-refractivity contribution in [3.8, 4) is 0 Å². The minimum Gasteiger partial charge on any atom is -0.398 e. The highest BCUT2D eigenvalue weighted by Crippen LogP contribution is 2.28. The highest BCUT2D eigenvalue weighted by atomic mass is 32.2. The zero-order valence-corrected chi connectivity index (χ0v) is 8.95. The first kappa shape index (κ1) is 10.2. The maximum absolute atomic E-state index is 5.92. The third-order valence-electron chi connectivity index (χ3n) is 1.76. The second-order valence-corrected chi connectivity index (χ2v) is 4.25. The van der Waals surface area contributed by atoms with E-state index in [0.717, 1.165) is 21.9 Å². The van der Waals surface area contributed by atoms with Crippen molar-refractivity contribution in [2.24, 2.45) is 0 Å². The Morgan fingerprint density at radius 2 is 2.23 bits per heavy atom. The van der Waals surface area contributed by atoms with Crippen LogP contribution in [0, 0.1) is 6.92 Å². The van der Waals surface area contributed by atoms with Gasteiger partial charge in [-0.25, -0.2) is 0 Å². The molecule has 0 amide bonds. The molecule has 0 saturated carbocycles. The molecule has 0 radical (unpaired) electrons. The minimum absolute atomic E-state index is 0.897. The van der Waals surface area contributed by atoms with Crippen molar-refractivity contribution in [3.63, 3.8) is 0 Å².